The number of aliphatic imine (C=N–C) groups is 1. The van der Waals surface area contributed by atoms with Crippen LogP contribution in [0.1, 0.15) is 57.2 Å². The van der Waals surface area contributed by atoms with E-state index in [4.69, 9.17) is 10.6 Å². The van der Waals surface area contributed by atoms with Crippen molar-refractivity contribution in [3.63, 3.8) is 0 Å². The molecule has 2 rings (SSSR count). The van der Waals surface area contributed by atoms with Crippen molar-refractivity contribution < 1.29 is 9.94 Å². The molecule has 0 bridgehead atoms. The highest BCUT2D eigenvalue weighted by Gasteiger charge is 2.31. The summed E-state index contributed by atoms with van der Waals surface area (Å²) in [6.45, 7) is 8.26. The first-order valence-electron chi connectivity index (χ1n) is 9.36. The number of hydrogen-bond acceptors (Lipinski definition) is 5. The van der Waals surface area contributed by atoms with Gasteiger partial charge < -0.3 is 15.7 Å². The van der Waals surface area contributed by atoms with Crippen LogP contribution < -0.4 is 11.2 Å². The number of aliphatic hydroxyl groups is 1. The number of nitrogens with zero attached hydrogens (tertiary/aromatic N) is 1. The molecular formula is C21H31N3O2. The zero-order valence-electron chi connectivity index (χ0n) is 16.2. The number of nitrogens with two attached hydrogens (primary N) is 1. The van der Waals surface area contributed by atoms with Crippen molar-refractivity contribution in [2.45, 2.75) is 59.0 Å². The van der Waals surface area contributed by atoms with E-state index in [-0.39, 0.29) is 18.7 Å². The summed E-state index contributed by atoms with van der Waals surface area (Å²) < 4.78 is 0. The molecule has 142 valence electrons. The molecule has 1 aliphatic heterocycles. The number of aryl methyl sites for hydroxylation is 1. The summed E-state index contributed by atoms with van der Waals surface area (Å²) in [6.07, 6.45) is 4.20. The molecule has 26 heavy (non-hydrogen) atoms. The van der Waals surface area contributed by atoms with Gasteiger partial charge in [0, 0.05) is 11.9 Å². The molecule has 2 unspecified atom stereocenters. The van der Waals surface area contributed by atoms with Crippen LogP contribution in [-0.2, 0) is 4.84 Å². The fourth-order valence-electron chi connectivity index (χ4n) is 3.37. The Balaban J connectivity index is 2.39. The molecule has 1 heterocycles. The maximum atomic E-state index is 9.53. The molecule has 1 aromatic rings. The number of benzene rings is 1. The van der Waals surface area contributed by atoms with Gasteiger partial charge in [-0.25, -0.2) is 0 Å². The number of nitrogens with one attached hydrogen (secondary N) is 1. The Morgan fingerprint density at radius 2 is 2.12 bits per heavy atom. The van der Waals surface area contributed by atoms with Gasteiger partial charge in [-0.3, -0.25) is 4.99 Å². The highest BCUT2D eigenvalue weighted by molar-refractivity contribution is 6.02. The molecule has 0 spiro atoms. The highest BCUT2D eigenvalue weighted by Crippen LogP contribution is 2.36. The van der Waals surface area contributed by atoms with E-state index >= 15 is 0 Å². The van der Waals surface area contributed by atoms with Gasteiger partial charge in [-0.2, -0.15) is 0 Å². The minimum absolute atomic E-state index is 0.00299. The predicted molar refractivity (Wildman–Crippen MR) is 107 cm³/mol. The van der Waals surface area contributed by atoms with Gasteiger partial charge in [-0.15, -0.1) is 5.48 Å². The lowest BCUT2D eigenvalue weighted by Crippen LogP contribution is -2.17. The summed E-state index contributed by atoms with van der Waals surface area (Å²) >= 11 is 0. The Labute approximate surface area is 156 Å². The minimum atomic E-state index is -0.109. The second kappa shape index (κ2) is 9.55. The molecule has 0 saturated heterocycles. The van der Waals surface area contributed by atoms with Crippen LogP contribution in [0.4, 0.5) is 0 Å². The quantitative estimate of drug-likeness (QED) is 0.620. The maximum absolute atomic E-state index is 9.53. The van der Waals surface area contributed by atoms with Gasteiger partial charge in [0.2, 0.25) is 0 Å². The predicted octanol–water partition coefficient (Wildman–Crippen LogP) is 3.70. The zero-order chi connectivity index (χ0) is 19.1. The molecule has 0 fully saturated rings. The van der Waals surface area contributed by atoms with Gasteiger partial charge in [0.25, 0.3) is 0 Å². The second-order valence-electron chi connectivity index (χ2n) is 6.64. The van der Waals surface area contributed by atoms with Gasteiger partial charge in [0.15, 0.2) is 5.76 Å². The maximum Gasteiger partial charge on any atom is 0.158 e. The third kappa shape index (κ3) is 4.34. The fraction of sp³-hybridized carbons (Fsp3) is 0.476. The first-order valence-corrected chi connectivity index (χ1v) is 9.36. The Hall–Kier alpha value is -2.11. The molecule has 4 N–H and O–H groups in total. The number of rotatable bonds is 8. The van der Waals surface area contributed by atoms with E-state index in [2.05, 4.69) is 43.4 Å². The van der Waals surface area contributed by atoms with Crippen LogP contribution in [0.3, 0.4) is 0 Å². The molecule has 0 aromatic heterocycles. The summed E-state index contributed by atoms with van der Waals surface area (Å²) in [5.74, 6) is 0.748. The Morgan fingerprint density at radius 1 is 1.38 bits per heavy atom. The minimum Gasteiger partial charge on any atom is -0.407 e. The van der Waals surface area contributed by atoms with Gasteiger partial charge in [-0.1, -0.05) is 44.5 Å². The van der Waals surface area contributed by atoms with Crippen molar-refractivity contribution in [3.8, 4) is 0 Å². The second-order valence-corrected chi connectivity index (χ2v) is 6.64. The van der Waals surface area contributed by atoms with E-state index in [0.29, 0.717) is 0 Å². The summed E-state index contributed by atoms with van der Waals surface area (Å²) in [6, 6.07) is 8.19. The van der Waals surface area contributed by atoms with Crippen LogP contribution in [0.25, 0.3) is 0 Å². The smallest absolute Gasteiger partial charge is 0.158 e. The molecule has 5 heteroatoms. The van der Waals surface area contributed by atoms with Gasteiger partial charge >= 0.3 is 0 Å². The van der Waals surface area contributed by atoms with Gasteiger partial charge in [0.05, 0.1) is 24.3 Å². The number of allylic oxidation sites excluding steroid dienone is 1. The van der Waals surface area contributed by atoms with Crippen molar-refractivity contribution >= 4 is 5.71 Å². The van der Waals surface area contributed by atoms with Crippen LogP contribution in [-0.4, -0.2) is 23.5 Å². The summed E-state index contributed by atoms with van der Waals surface area (Å²) in [7, 11) is 0. The zero-order valence-corrected chi connectivity index (χ0v) is 16.2. The molecule has 0 saturated carbocycles. The molecule has 1 aromatic carbocycles. The van der Waals surface area contributed by atoms with Crippen LogP contribution in [0.15, 0.2) is 52.4 Å². The van der Waals surface area contributed by atoms with Crippen molar-refractivity contribution in [1.29, 1.82) is 0 Å². The number of hydrogen-bond donors (Lipinski definition) is 3. The Kier molecular flexibility index (Phi) is 7.42. The Morgan fingerprint density at radius 3 is 2.69 bits per heavy atom. The molecule has 1 aliphatic rings. The van der Waals surface area contributed by atoms with E-state index in [1.807, 2.05) is 19.1 Å². The molecule has 0 aliphatic carbocycles. The summed E-state index contributed by atoms with van der Waals surface area (Å²) in [4.78, 5) is 10.5. The Bertz CT molecular complexity index is 707. The average molecular weight is 357 g/mol. The third-order valence-corrected chi connectivity index (χ3v) is 4.81. The first kappa shape index (κ1) is 20.2. The number of aliphatic hydroxyl groups excluding tert-OH is 1. The van der Waals surface area contributed by atoms with E-state index in [1.54, 1.807) is 6.20 Å². The standard InChI is InChI=1S/C21H31N3O2/c1-5-9-16(13-25)23-15(4)19(12-22)21-17(6-2)20(24-26-21)18-11-8-7-10-14(18)3/h7-8,10-12,16,20,24-25H,5-6,9,13,22H2,1-4H3. The fourth-order valence-corrected chi connectivity index (χ4v) is 3.37. The van der Waals surface area contributed by atoms with Gasteiger partial charge in [-0.05, 0) is 43.4 Å². The lowest BCUT2D eigenvalue weighted by atomic mass is 9.92. The largest absolute Gasteiger partial charge is 0.407 e. The van der Waals surface area contributed by atoms with Crippen molar-refractivity contribution in [1.82, 2.24) is 5.48 Å². The van der Waals surface area contributed by atoms with Crippen LogP contribution >= 0.6 is 0 Å². The normalized spacial score (nSPS) is 19.7. The first-order chi connectivity index (χ1) is 12.6. The van der Waals surface area contributed by atoms with Gasteiger partial charge in [0.1, 0.15) is 0 Å². The molecule has 0 radical (unpaired) electrons. The molecular weight excluding hydrogens is 326 g/mol. The SMILES string of the molecule is CCCC(CO)N=C(C)C(=CN)C1=C(CC)C(c2ccccc2C)NO1. The van der Waals surface area contributed by atoms with E-state index in [1.165, 1.54) is 11.1 Å². The van der Waals surface area contributed by atoms with Crippen LogP contribution in [0, 0.1) is 6.92 Å². The average Bonchev–Trinajstić information content (AvgIpc) is 3.05. The lowest BCUT2D eigenvalue weighted by molar-refractivity contribution is 0.123. The molecule has 0 amide bonds. The van der Waals surface area contributed by atoms with Crippen molar-refractivity contribution in [2.75, 3.05) is 6.61 Å². The van der Waals surface area contributed by atoms with Crippen molar-refractivity contribution in [2.24, 2.45) is 10.7 Å². The number of hydroxylamine groups is 1. The molecule has 2 atom stereocenters. The summed E-state index contributed by atoms with van der Waals surface area (Å²) in [5.41, 5.74) is 14.2. The van der Waals surface area contributed by atoms with E-state index in [0.717, 1.165) is 41.9 Å². The van der Waals surface area contributed by atoms with Crippen LogP contribution in [0.2, 0.25) is 0 Å². The monoisotopic (exact) mass is 357 g/mol. The van der Waals surface area contributed by atoms with E-state index in [9.17, 15) is 5.11 Å². The van der Waals surface area contributed by atoms with Crippen molar-refractivity contribution in [3.05, 3.63) is 58.5 Å². The molecule has 5 nitrogen and oxygen atoms in total. The van der Waals surface area contributed by atoms with Crippen LogP contribution in [0.5, 0.6) is 0 Å². The highest BCUT2D eigenvalue weighted by atomic mass is 16.7. The lowest BCUT2D eigenvalue weighted by Gasteiger charge is -2.15. The van der Waals surface area contributed by atoms with E-state index < -0.39 is 0 Å². The third-order valence-electron chi connectivity index (χ3n) is 4.81. The summed E-state index contributed by atoms with van der Waals surface area (Å²) in [5, 5.41) is 9.53. The topological polar surface area (TPSA) is 79.9 Å².